The van der Waals surface area contributed by atoms with Gasteiger partial charge in [0.1, 0.15) is 5.75 Å². The first kappa shape index (κ1) is 17.0. The zero-order valence-corrected chi connectivity index (χ0v) is 14.3. The van der Waals surface area contributed by atoms with Crippen LogP contribution in [0.25, 0.3) is 32.6 Å². The van der Waals surface area contributed by atoms with Crippen molar-refractivity contribution < 1.29 is 14.6 Å². The van der Waals surface area contributed by atoms with Crippen LogP contribution < -0.4 is 4.74 Å². The molecule has 0 amide bonds. The Labute approximate surface area is 150 Å². The van der Waals surface area contributed by atoms with Crippen molar-refractivity contribution in [3.63, 3.8) is 0 Å². The van der Waals surface area contributed by atoms with E-state index in [-0.39, 0.29) is 18.0 Å². The van der Waals surface area contributed by atoms with E-state index < -0.39 is 5.97 Å². The summed E-state index contributed by atoms with van der Waals surface area (Å²) in [5, 5.41) is 13.1. The monoisotopic (exact) mass is 353 g/mol. The van der Waals surface area contributed by atoms with Gasteiger partial charge in [0, 0.05) is 16.8 Å². The highest BCUT2D eigenvalue weighted by Gasteiger charge is 2.16. The van der Waals surface area contributed by atoms with Crippen molar-refractivity contribution in [1.29, 1.82) is 0 Å². The maximum absolute atomic E-state index is 11.9. The number of nitrogens with zero attached hydrogens (tertiary/aromatic N) is 1. The van der Waals surface area contributed by atoms with Gasteiger partial charge in [-0.2, -0.15) is 0 Å². The van der Waals surface area contributed by atoms with E-state index in [2.05, 4.69) is 4.98 Å². The van der Waals surface area contributed by atoms with Crippen LogP contribution in [-0.4, -0.2) is 22.7 Å². The third kappa shape index (κ3) is 2.85. The molecule has 4 aromatic rings. The van der Waals surface area contributed by atoms with Gasteiger partial charge in [0.25, 0.3) is 0 Å². The maximum Gasteiger partial charge on any atom is 0.337 e. The van der Waals surface area contributed by atoms with Gasteiger partial charge in [-0.3, -0.25) is 0 Å². The number of hydrogen-bond acceptors (Lipinski definition) is 3. The third-order valence-corrected chi connectivity index (χ3v) is 4.14. The van der Waals surface area contributed by atoms with Crippen LogP contribution in [0, 0.1) is 0 Å². The van der Waals surface area contributed by atoms with Crippen LogP contribution in [0.4, 0.5) is 0 Å². The number of halogens is 1. The Morgan fingerprint density at radius 2 is 1.68 bits per heavy atom. The summed E-state index contributed by atoms with van der Waals surface area (Å²) in [6, 6.07) is 17.1. The Bertz CT molecular complexity index is 1110. The van der Waals surface area contributed by atoms with Crippen LogP contribution in [0.5, 0.6) is 5.75 Å². The molecule has 5 heteroatoms. The van der Waals surface area contributed by atoms with Gasteiger partial charge in [-0.25, -0.2) is 9.78 Å². The van der Waals surface area contributed by atoms with Crippen LogP contribution in [0.1, 0.15) is 17.3 Å². The molecule has 1 heterocycles. The van der Waals surface area contributed by atoms with Crippen LogP contribution in [-0.2, 0) is 0 Å². The predicted molar refractivity (Wildman–Crippen MR) is 102 cm³/mol. The van der Waals surface area contributed by atoms with Crippen molar-refractivity contribution in [2.45, 2.75) is 6.92 Å². The van der Waals surface area contributed by atoms with Crippen LogP contribution in [0.15, 0.2) is 54.6 Å². The highest BCUT2D eigenvalue weighted by Crippen LogP contribution is 2.31. The topological polar surface area (TPSA) is 59.4 Å². The molecular formula is C20H16ClNO3. The molecule has 0 fully saturated rings. The molecule has 0 atom stereocenters. The maximum atomic E-state index is 11.9. The van der Waals surface area contributed by atoms with Gasteiger partial charge >= 0.3 is 5.97 Å². The Morgan fingerprint density at radius 3 is 2.36 bits per heavy atom. The molecule has 4 nitrogen and oxygen atoms in total. The summed E-state index contributed by atoms with van der Waals surface area (Å²) in [4.78, 5) is 16.6. The van der Waals surface area contributed by atoms with Crippen molar-refractivity contribution >= 4 is 51.0 Å². The van der Waals surface area contributed by atoms with Gasteiger partial charge in [0.05, 0.1) is 23.2 Å². The minimum absolute atomic E-state index is 0. The second-order valence-corrected chi connectivity index (χ2v) is 5.62. The highest BCUT2D eigenvalue weighted by molar-refractivity contribution is 6.16. The molecule has 0 unspecified atom stereocenters. The Hall–Kier alpha value is -2.85. The molecule has 25 heavy (non-hydrogen) atoms. The van der Waals surface area contributed by atoms with Crippen molar-refractivity contribution in [2.75, 3.05) is 6.61 Å². The molecule has 0 bridgehead atoms. The lowest BCUT2D eigenvalue weighted by Crippen LogP contribution is -2.01. The third-order valence-electron chi connectivity index (χ3n) is 4.14. The van der Waals surface area contributed by atoms with E-state index in [4.69, 9.17) is 4.74 Å². The van der Waals surface area contributed by atoms with Gasteiger partial charge in [0.15, 0.2) is 0 Å². The van der Waals surface area contributed by atoms with E-state index in [1.165, 1.54) is 0 Å². The smallest absolute Gasteiger partial charge is 0.337 e. The summed E-state index contributed by atoms with van der Waals surface area (Å²) in [7, 11) is 0. The molecule has 0 aliphatic rings. The van der Waals surface area contributed by atoms with Crippen LogP contribution in [0.3, 0.4) is 0 Å². The fourth-order valence-corrected chi connectivity index (χ4v) is 3.10. The van der Waals surface area contributed by atoms with E-state index in [1.54, 1.807) is 18.2 Å². The molecule has 4 rings (SSSR count). The predicted octanol–water partition coefficient (Wildman–Crippen LogP) is 5.06. The number of benzene rings is 3. The standard InChI is InChI=1S/C20H15NO3.ClH/c1-2-24-14-7-8-15-18(11-14)21-17-10-13-6-4-3-5-12(13)9-16(17)19(15)20(22)23;/h3-11H,2H2,1H3,(H,22,23);1H. The Morgan fingerprint density at radius 1 is 1.00 bits per heavy atom. The molecule has 0 aliphatic heterocycles. The summed E-state index contributed by atoms with van der Waals surface area (Å²) in [5.41, 5.74) is 1.58. The summed E-state index contributed by atoms with van der Waals surface area (Å²) in [6.45, 7) is 2.46. The lowest BCUT2D eigenvalue weighted by Gasteiger charge is -2.10. The van der Waals surface area contributed by atoms with Crippen molar-refractivity contribution in [3.05, 3.63) is 60.2 Å². The lowest BCUT2D eigenvalue weighted by atomic mass is 9.99. The number of hydrogen-bond donors (Lipinski definition) is 1. The second kappa shape index (κ2) is 6.57. The Balaban J connectivity index is 0.00000182. The average Bonchev–Trinajstić information content (AvgIpc) is 2.57. The highest BCUT2D eigenvalue weighted by atomic mass is 35.5. The number of rotatable bonds is 3. The molecule has 0 radical (unpaired) electrons. The van der Waals surface area contributed by atoms with Gasteiger partial charge in [-0.15, -0.1) is 12.4 Å². The molecular weight excluding hydrogens is 338 g/mol. The van der Waals surface area contributed by atoms with E-state index >= 15 is 0 Å². The quantitative estimate of drug-likeness (QED) is 0.523. The van der Waals surface area contributed by atoms with Crippen molar-refractivity contribution in [2.24, 2.45) is 0 Å². The normalized spacial score (nSPS) is 10.8. The number of carboxylic acids is 1. The zero-order chi connectivity index (χ0) is 16.7. The number of aromatic nitrogens is 1. The van der Waals surface area contributed by atoms with E-state index in [1.807, 2.05) is 43.3 Å². The summed E-state index contributed by atoms with van der Waals surface area (Å²) < 4.78 is 5.51. The first-order chi connectivity index (χ1) is 11.7. The SMILES string of the molecule is CCOc1ccc2c(C(=O)O)c3cc4ccccc4cc3nc2c1.Cl. The molecule has 0 aliphatic carbocycles. The molecule has 0 saturated carbocycles. The number of aromatic carboxylic acids is 1. The van der Waals surface area contributed by atoms with Gasteiger partial charge < -0.3 is 9.84 Å². The largest absolute Gasteiger partial charge is 0.494 e. The number of fused-ring (bicyclic) bond motifs is 3. The van der Waals surface area contributed by atoms with E-state index in [0.29, 0.717) is 34.2 Å². The van der Waals surface area contributed by atoms with Crippen LogP contribution >= 0.6 is 12.4 Å². The molecule has 3 aromatic carbocycles. The molecule has 1 aromatic heterocycles. The lowest BCUT2D eigenvalue weighted by molar-refractivity contribution is 0.0701. The summed E-state index contributed by atoms with van der Waals surface area (Å²) in [5.74, 6) is -0.263. The molecule has 1 N–H and O–H groups in total. The molecule has 126 valence electrons. The molecule has 0 saturated heterocycles. The minimum Gasteiger partial charge on any atom is -0.494 e. The van der Waals surface area contributed by atoms with Crippen molar-refractivity contribution in [1.82, 2.24) is 4.98 Å². The average molecular weight is 354 g/mol. The fourth-order valence-electron chi connectivity index (χ4n) is 3.10. The summed E-state index contributed by atoms with van der Waals surface area (Å²) in [6.07, 6.45) is 0. The first-order valence-corrected chi connectivity index (χ1v) is 7.79. The van der Waals surface area contributed by atoms with Crippen molar-refractivity contribution in [3.8, 4) is 5.75 Å². The first-order valence-electron chi connectivity index (χ1n) is 7.79. The zero-order valence-electron chi connectivity index (χ0n) is 13.5. The number of ether oxygens (including phenoxy) is 1. The minimum atomic E-state index is -0.952. The van der Waals surface area contributed by atoms with Gasteiger partial charge in [-0.1, -0.05) is 24.3 Å². The number of carbonyl (C=O) groups is 1. The number of pyridine rings is 1. The van der Waals surface area contributed by atoms with E-state index in [0.717, 1.165) is 10.8 Å². The summed E-state index contributed by atoms with van der Waals surface area (Å²) >= 11 is 0. The Kier molecular flexibility index (Phi) is 4.47. The molecule has 0 spiro atoms. The second-order valence-electron chi connectivity index (χ2n) is 5.62. The van der Waals surface area contributed by atoms with E-state index in [9.17, 15) is 9.90 Å². The fraction of sp³-hybridized carbons (Fsp3) is 0.100. The van der Waals surface area contributed by atoms with Crippen LogP contribution in [0.2, 0.25) is 0 Å². The van der Waals surface area contributed by atoms with Gasteiger partial charge in [0.2, 0.25) is 0 Å². The number of carboxylic acid groups (broad SMARTS) is 1. The van der Waals surface area contributed by atoms with Gasteiger partial charge in [-0.05, 0) is 42.0 Å².